The topological polar surface area (TPSA) is 66.8 Å². The first-order chi connectivity index (χ1) is 9.20. The van der Waals surface area contributed by atoms with E-state index in [9.17, 15) is 14.7 Å². The fourth-order valence-corrected chi connectivity index (χ4v) is 2.33. The molecule has 1 aliphatic rings. The first kappa shape index (κ1) is 16.4. The van der Waals surface area contributed by atoms with Gasteiger partial charge in [-0.15, -0.1) is 12.3 Å². The number of carbonyl (C=O) groups excluding carboxylic acids is 1. The number of carbonyl (C=O) groups is 2. The maximum absolute atomic E-state index is 11.9. The number of likely N-dealkylation sites (tertiary alicyclic amines) is 1. The molecule has 1 aliphatic heterocycles. The van der Waals surface area contributed by atoms with Crippen LogP contribution < -0.4 is 0 Å². The van der Waals surface area contributed by atoms with Gasteiger partial charge in [-0.3, -0.25) is 4.79 Å². The first-order valence-corrected chi connectivity index (χ1v) is 6.85. The third kappa shape index (κ3) is 4.16. The van der Waals surface area contributed by atoms with E-state index in [0.717, 1.165) is 0 Å². The predicted octanol–water partition coefficient (Wildman–Crippen LogP) is 2.50. The summed E-state index contributed by atoms with van der Waals surface area (Å²) >= 11 is 0. The third-order valence-electron chi connectivity index (χ3n) is 3.57. The van der Waals surface area contributed by atoms with E-state index in [4.69, 9.17) is 11.2 Å². The summed E-state index contributed by atoms with van der Waals surface area (Å²) in [4.78, 5) is 25.0. The lowest BCUT2D eigenvalue weighted by Gasteiger charge is -2.39. The number of amides is 1. The Kier molecular flexibility index (Phi) is 5.04. The molecule has 1 fully saturated rings. The second-order valence-electron chi connectivity index (χ2n) is 6.26. The number of aliphatic carboxylic acids is 1. The summed E-state index contributed by atoms with van der Waals surface area (Å²) in [5.74, 6) is 1.67. The second kappa shape index (κ2) is 6.17. The molecule has 0 aliphatic carbocycles. The molecule has 1 rings (SSSR count). The zero-order valence-electron chi connectivity index (χ0n) is 12.4. The molecule has 0 bridgehead atoms. The van der Waals surface area contributed by atoms with Crippen molar-refractivity contribution in [1.82, 2.24) is 4.90 Å². The fraction of sp³-hybridized carbons (Fsp3) is 0.733. The zero-order chi connectivity index (χ0) is 15.4. The van der Waals surface area contributed by atoms with Gasteiger partial charge in [0.15, 0.2) is 0 Å². The van der Waals surface area contributed by atoms with Gasteiger partial charge in [0.25, 0.3) is 0 Å². The van der Waals surface area contributed by atoms with Crippen molar-refractivity contribution < 1.29 is 19.4 Å². The minimum Gasteiger partial charge on any atom is -0.481 e. The molecule has 1 amide bonds. The van der Waals surface area contributed by atoms with Gasteiger partial charge in [0, 0.05) is 19.5 Å². The van der Waals surface area contributed by atoms with Crippen LogP contribution in [-0.2, 0) is 9.53 Å². The van der Waals surface area contributed by atoms with E-state index in [1.54, 1.807) is 4.90 Å². The second-order valence-corrected chi connectivity index (χ2v) is 6.26. The van der Waals surface area contributed by atoms with Crippen LogP contribution >= 0.6 is 0 Å². The normalized spacial score (nSPS) is 18.2. The lowest BCUT2D eigenvalue weighted by atomic mass is 9.75. The summed E-state index contributed by atoms with van der Waals surface area (Å²) in [7, 11) is 0. The van der Waals surface area contributed by atoms with E-state index in [0.29, 0.717) is 38.8 Å². The van der Waals surface area contributed by atoms with Crippen LogP contribution in [0.4, 0.5) is 4.79 Å². The van der Waals surface area contributed by atoms with Gasteiger partial charge in [-0.25, -0.2) is 4.79 Å². The van der Waals surface area contributed by atoms with Crippen molar-refractivity contribution in [3.63, 3.8) is 0 Å². The molecule has 20 heavy (non-hydrogen) atoms. The largest absolute Gasteiger partial charge is 0.481 e. The molecule has 5 nitrogen and oxygen atoms in total. The van der Waals surface area contributed by atoms with E-state index in [1.165, 1.54) is 0 Å². The van der Waals surface area contributed by atoms with E-state index >= 15 is 0 Å². The number of rotatable bonds is 3. The summed E-state index contributed by atoms with van der Waals surface area (Å²) in [5.41, 5.74) is -1.34. The standard InChI is InChI=1S/C15H23NO4/c1-5-6-7-15(12(17)18)8-10-16(11-9-15)13(19)20-14(2,3)4/h1H,6-11H2,2-4H3,(H,17,18). The van der Waals surface area contributed by atoms with Gasteiger partial charge in [-0.05, 0) is 40.0 Å². The molecule has 1 heterocycles. The van der Waals surface area contributed by atoms with Crippen molar-refractivity contribution in [3.05, 3.63) is 0 Å². The SMILES string of the molecule is C#CCCC1(C(=O)O)CCN(C(=O)OC(C)(C)C)CC1. The third-order valence-corrected chi connectivity index (χ3v) is 3.57. The van der Waals surface area contributed by atoms with Gasteiger partial charge < -0.3 is 14.7 Å². The van der Waals surface area contributed by atoms with Crippen molar-refractivity contribution in [2.45, 2.75) is 52.1 Å². The molecular weight excluding hydrogens is 258 g/mol. The van der Waals surface area contributed by atoms with Crippen LogP contribution in [0.25, 0.3) is 0 Å². The zero-order valence-corrected chi connectivity index (χ0v) is 12.4. The summed E-state index contributed by atoms with van der Waals surface area (Å²) in [6, 6.07) is 0. The van der Waals surface area contributed by atoms with E-state index in [1.807, 2.05) is 20.8 Å². The number of nitrogens with zero attached hydrogens (tertiary/aromatic N) is 1. The predicted molar refractivity (Wildman–Crippen MR) is 75.2 cm³/mol. The Morgan fingerprint density at radius 1 is 1.35 bits per heavy atom. The molecular formula is C15H23NO4. The Balaban J connectivity index is 2.63. The van der Waals surface area contributed by atoms with Crippen molar-refractivity contribution >= 4 is 12.1 Å². The molecule has 0 unspecified atom stereocenters. The Labute approximate surface area is 120 Å². The molecule has 0 aromatic rings. The van der Waals surface area contributed by atoms with Crippen LogP contribution in [0.15, 0.2) is 0 Å². The maximum Gasteiger partial charge on any atom is 0.410 e. The van der Waals surface area contributed by atoms with Gasteiger partial charge >= 0.3 is 12.1 Å². The number of ether oxygens (including phenoxy) is 1. The van der Waals surface area contributed by atoms with Gasteiger partial charge in [0.05, 0.1) is 5.41 Å². The van der Waals surface area contributed by atoms with Crippen LogP contribution in [0.5, 0.6) is 0 Å². The van der Waals surface area contributed by atoms with Gasteiger partial charge in [0.2, 0.25) is 0 Å². The lowest BCUT2D eigenvalue weighted by Crippen LogP contribution is -2.47. The van der Waals surface area contributed by atoms with Crippen molar-refractivity contribution in [3.8, 4) is 12.3 Å². The highest BCUT2D eigenvalue weighted by Gasteiger charge is 2.42. The van der Waals surface area contributed by atoms with Crippen molar-refractivity contribution in [2.24, 2.45) is 5.41 Å². The highest BCUT2D eigenvalue weighted by molar-refractivity contribution is 5.75. The maximum atomic E-state index is 11.9. The molecule has 5 heteroatoms. The first-order valence-electron chi connectivity index (χ1n) is 6.85. The summed E-state index contributed by atoms with van der Waals surface area (Å²) in [5, 5.41) is 9.42. The van der Waals surface area contributed by atoms with Crippen LogP contribution in [-0.4, -0.2) is 40.8 Å². The smallest absolute Gasteiger partial charge is 0.410 e. The van der Waals surface area contributed by atoms with Gasteiger partial charge in [-0.1, -0.05) is 0 Å². The average molecular weight is 281 g/mol. The minimum absolute atomic E-state index is 0.381. The number of terminal acetylenes is 1. The quantitative estimate of drug-likeness (QED) is 0.807. The molecule has 1 N–H and O–H groups in total. The minimum atomic E-state index is -0.823. The van der Waals surface area contributed by atoms with Crippen LogP contribution in [0.3, 0.4) is 0 Å². The van der Waals surface area contributed by atoms with Crippen LogP contribution in [0.2, 0.25) is 0 Å². The highest BCUT2D eigenvalue weighted by Crippen LogP contribution is 2.36. The van der Waals surface area contributed by atoms with E-state index in [2.05, 4.69) is 5.92 Å². The molecule has 0 aromatic carbocycles. The lowest BCUT2D eigenvalue weighted by molar-refractivity contribution is -0.152. The van der Waals surface area contributed by atoms with Gasteiger partial charge in [-0.2, -0.15) is 0 Å². The van der Waals surface area contributed by atoms with Crippen LogP contribution in [0.1, 0.15) is 46.5 Å². The molecule has 0 saturated carbocycles. The molecule has 0 aromatic heterocycles. The number of carboxylic acid groups (broad SMARTS) is 1. The van der Waals surface area contributed by atoms with Crippen molar-refractivity contribution in [1.29, 1.82) is 0 Å². The van der Waals surface area contributed by atoms with Gasteiger partial charge in [0.1, 0.15) is 5.60 Å². The Morgan fingerprint density at radius 2 is 1.90 bits per heavy atom. The molecule has 1 saturated heterocycles. The van der Waals surface area contributed by atoms with Crippen molar-refractivity contribution in [2.75, 3.05) is 13.1 Å². The summed E-state index contributed by atoms with van der Waals surface area (Å²) in [6.45, 7) is 6.22. The fourth-order valence-electron chi connectivity index (χ4n) is 2.33. The molecule has 0 atom stereocenters. The molecule has 112 valence electrons. The Bertz CT molecular complexity index is 409. The number of piperidine rings is 1. The van der Waals surface area contributed by atoms with Crippen LogP contribution in [0, 0.1) is 17.8 Å². The Morgan fingerprint density at radius 3 is 2.30 bits per heavy atom. The summed E-state index contributed by atoms with van der Waals surface area (Å²) in [6.07, 6.45) is 6.58. The number of hydrogen-bond donors (Lipinski definition) is 1. The van der Waals surface area contributed by atoms with E-state index in [-0.39, 0.29) is 6.09 Å². The van der Waals surface area contributed by atoms with E-state index < -0.39 is 17.0 Å². The molecule has 0 radical (unpaired) electrons. The Hall–Kier alpha value is -1.70. The summed E-state index contributed by atoms with van der Waals surface area (Å²) < 4.78 is 5.29. The molecule has 0 spiro atoms. The number of carboxylic acids is 1. The highest BCUT2D eigenvalue weighted by atomic mass is 16.6. The average Bonchev–Trinajstić information content (AvgIpc) is 2.34. The number of hydrogen-bond acceptors (Lipinski definition) is 3. The monoisotopic (exact) mass is 281 g/mol.